The number of rotatable bonds is 5. The largest absolute Gasteiger partial charge is 0.297 e. The van der Waals surface area contributed by atoms with Gasteiger partial charge in [-0.2, -0.15) is 0 Å². The highest BCUT2D eigenvalue weighted by molar-refractivity contribution is 8.02. The van der Waals surface area contributed by atoms with Crippen LogP contribution in [0, 0.1) is 0 Å². The molecule has 6 rings (SSSR count). The van der Waals surface area contributed by atoms with Crippen LogP contribution in [0.4, 0.5) is 11.4 Å². The van der Waals surface area contributed by atoms with Crippen LogP contribution in [-0.4, -0.2) is 60.2 Å². The van der Waals surface area contributed by atoms with Gasteiger partial charge >= 0.3 is 0 Å². The molecule has 3 aromatic rings. The van der Waals surface area contributed by atoms with Crippen molar-refractivity contribution in [2.75, 3.05) is 48.4 Å². The second-order valence-corrected chi connectivity index (χ2v) is 10.4. The summed E-state index contributed by atoms with van der Waals surface area (Å²) < 4.78 is 0. The molecule has 7 heteroatoms. The van der Waals surface area contributed by atoms with Gasteiger partial charge in [0, 0.05) is 44.0 Å². The highest BCUT2D eigenvalue weighted by Crippen LogP contribution is 2.55. The molecule has 0 bridgehead atoms. The van der Waals surface area contributed by atoms with Gasteiger partial charge in [-0.1, -0.05) is 66.7 Å². The summed E-state index contributed by atoms with van der Waals surface area (Å²) in [5.74, 6) is 0.242. The fraction of sp³-hybridized carbons (Fsp3) is 0.286. The SMILES string of the molecule is O=C1CS[C@@]2(C(=O)N(CN3CCN(Cc4ccccc4)CC3)c3ccccc32)N1c1ccccc1. The lowest BCUT2D eigenvalue weighted by molar-refractivity contribution is -0.124. The second kappa shape index (κ2) is 9.15. The van der Waals surface area contributed by atoms with Gasteiger partial charge in [-0.3, -0.25) is 29.2 Å². The van der Waals surface area contributed by atoms with Crippen molar-refractivity contribution in [1.82, 2.24) is 9.80 Å². The van der Waals surface area contributed by atoms with Crippen LogP contribution in [0.3, 0.4) is 0 Å². The second-order valence-electron chi connectivity index (χ2n) is 9.27. The third kappa shape index (κ3) is 3.84. The molecule has 6 nitrogen and oxygen atoms in total. The van der Waals surface area contributed by atoms with Crippen molar-refractivity contribution in [2.24, 2.45) is 0 Å². The molecule has 2 saturated heterocycles. The number of hydrogen-bond donors (Lipinski definition) is 0. The molecule has 0 aromatic heterocycles. The Morgan fingerprint density at radius 3 is 2.11 bits per heavy atom. The van der Waals surface area contributed by atoms with E-state index in [0.717, 1.165) is 49.7 Å². The topological polar surface area (TPSA) is 47.1 Å². The lowest BCUT2D eigenvalue weighted by atomic mass is 10.0. The number of hydrogen-bond acceptors (Lipinski definition) is 5. The van der Waals surface area contributed by atoms with E-state index >= 15 is 0 Å². The molecule has 3 aliphatic heterocycles. The van der Waals surface area contributed by atoms with Gasteiger partial charge in [-0.25, -0.2) is 0 Å². The van der Waals surface area contributed by atoms with E-state index in [9.17, 15) is 9.59 Å². The minimum atomic E-state index is -1.04. The van der Waals surface area contributed by atoms with Crippen molar-refractivity contribution in [3.63, 3.8) is 0 Å². The number of para-hydroxylation sites is 2. The molecule has 2 amide bonds. The molecule has 0 unspecified atom stereocenters. The van der Waals surface area contributed by atoms with Gasteiger partial charge in [0.05, 0.1) is 18.1 Å². The number of anilines is 2. The molecular formula is C28H28N4O2S. The summed E-state index contributed by atoms with van der Waals surface area (Å²) >= 11 is 1.44. The van der Waals surface area contributed by atoms with E-state index in [4.69, 9.17) is 0 Å². The van der Waals surface area contributed by atoms with E-state index in [1.165, 1.54) is 17.3 Å². The minimum Gasteiger partial charge on any atom is -0.297 e. The number of amides is 2. The molecule has 0 aliphatic carbocycles. The Labute approximate surface area is 210 Å². The number of nitrogens with zero attached hydrogens (tertiary/aromatic N) is 4. The van der Waals surface area contributed by atoms with E-state index < -0.39 is 4.87 Å². The zero-order valence-corrected chi connectivity index (χ0v) is 20.4. The lowest BCUT2D eigenvalue weighted by Gasteiger charge is -2.37. The number of piperazine rings is 1. The first-order valence-corrected chi connectivity index (χ1v) is 13.1. The Balaban J connectivity index is 1.23. The summed E-state index contributed by atoms with van der Waals surface area (Å²) in [7, 11) is 0. The fourth-order valence-corrected chi connectivity index (χ4v) is 6.76. The number of benzene rings is 3. The molecule has 1 spiro atoms. The number of carbonyl (C=O) groups is 2. The third-order valence-electron chi connectivity index (χ3n) is 7.13. The smallest absolute Gasteiger partial charge is 0.269 e. The minimum absolute atomic E-state index is 0.0230. The Bertz CT molecular complexity index is 1230. The normalized spacial score (nSPS) is 22.9. The highest BCUT2D eigenvalue weighted by atomic mass is 32.2. The maximum Gasteiger partial charge on any atom is 0.269 e. The summed E-state index contributed by atoms with van der Waals surface area (Å²) in [4.78, 5) is 34.7. The van der Waals surface area contributed by atoms with Gasteiger partial charge in [0.2, 0.25) is 10.8 Å². The van der Waals surface area contributed by atoms with Crippen LogP contribution < -0.4 is 9.80 Å². The predicted octanol–water partition coefficient (Wildman–Crippen LogP) is 3.74. The van der Waals surface area contributed by atoms with Crippen molar-refractivity contribution in [2.45, 2.75) is 11.4 Å². The average Bonchev–Trinajstić information content (AvgIpc) is 3.37. The third-order valence-corrected chi connectivity index (χ3v) is 8.52. The molecular weight excluding hydrogens is 456 g/mol. The standard InChI is InChI=1S/C28H28N4O2S/c33-26-20-35-28(32(26)23-11-5-2-6-12-23)24-13-7-8-14-25(24)31(27(28)34)21-30-17-15-29(16-18-30)19-22-9-3-1-4-10-22/h1-14H,15-21H2/t28-/m0/s1. The molecule has 0 saturated carbocycles. The number of fused-ring (bicyclic) bond motifs is 2. The van der Waals surface area contributed by atoms with Crippen LogP contribution in [0.1, 0.15) is 11.1 Å². The molecule has 3 heterocycles. The van der Waals surface area contributed by atoms with Crippen LogP contribution >= 0.6 is 11.8 Å². The van der Waals surface area contributed by atoms with Gasteiger partial charge in [0.25, 0.3) is 5.91 Å². The zero-order chi connectivity index (χ0) is 23.8. The first-order chi connectivity index (χ1) is 17.2. The van der Waals surface area contributed by atoms with E-state index in [0.29, 0.717) is 12.4 Å². The first-order valence-electron chi connectivity index (χ1n) is 12.1. The molecule has 35 heavy (non-hydrogen) atoms. The van der Waals surface area contributed by atoms with Crippen molar-refractivity contribution >= 4 is 35.0 Å². The van der Waals surface area contributed by atoms with E-state index in [1.807, 2.05) is 65.6 Å². The molecule has 178 valence electrons. The van der Waals surface area contributed by atoms with E-state index in [2.05, 4.69) is 34.1 Å². The maximum atomic E-state index is 14.2. The molecule has 3 aliphatic rings. The number of thioether (sulfide) groups is 1. The monoisotopic (exact) mass is 484 g/mol. The van der Waals surface area contributed by atoms with Gasteiger partial charge in [-0.15, -0.1) is 11.8 Å². The summed E-state index contributed by atoms with van der Waals surface area (Å²) in [6.45, 7) is 5.23. The highest BCUT2D eigenvalue weighted by Gasteiger charge is 2.61. The number of carbonyl (C=O) groups excluding carboxylic acids is 2. The predicted molar refractivity (Wildman–Crippen MR) is 140 cm³/mol. The van der Waals surface area contributed by atoms with Crippen molar-refractivity contribution in [3.05, 3.63) is 96.1 Å². The van der Waals surface area contributed by atoms with Crippen LogP contribution in [0.15, 0.2) is 84.9 Å². The molecule has 2 fully saturated rings. The summed E-state index contributed by atoms with van der Waals surface area (Å²) in [5.41, 5.74) is 3.91. The molecule has 1 atom stereocenters. The zero-order valence-electron chi connectivity index (χ0n) is 19.5. The quantitative estimate of drug-likeness (QED) is 0.552. The van der Waals surface area contributed by atoms with Crippen LogP contribution in [-0.2, 0) is 21.0 Å². The fourth-order valence-electron chi connectivity index (χ4n) is 5.40. The van der Waals surface area contributed by atoms with E-state index in [1.54, 1.807) is 4.90 Å². The first kappa shape index (κ1) is 22.3. The van der Waals surface area contributed by atoms with Gasteiger partial charge in [0.1, 0.15) is 0 Å². The van der Waals surface area contributed by atoms with Gasteiger partial charge in [-0.05, 0) is 23.8 Å². The Hall–Kier alpha value is -3.13. The summed E-state index contributed by atoms with van der Waals surface area (Å²) in [6, 6.07) is 28.1. The lowest BCUT2D eigenvalue weighted by Crippen LogP contribution is -2.54. The van der Waals surface area contributed by atoms with Crippen molar-refractivity contribution < 1.29 is 9.59 Å². The maximum absolute atomic E-state index is 14.2. The van der Waals surface area contributed by atoms with Gasteiger partial charge in [0.15, 0.2) is 0 Å². The van der Waals surface area contributed by atoms with Crippen LogP contribution in [0.25, 0.3) is 0 Å². The van der Waals surface area contributed by atoms with Gasteiger partial charge < -0.3 is 0 Å². The Morgan fingerprint density at radius 2 is 1.37 bits per heavy atom. The van der Waals surface area contributed by atoms with Crippen LogP contribution in [0.5, 0.6) is 0 Å². The molecule has 3 aromatic carbocycles. The molecule has 0 N–H and O–H groups in total. The average molecular weight is 485 g/mol. The summed E-state index contributed by atoms with van der Waals surface area (Å²) in [5, 5.41) is 0. The molecule has 0 radical (unpaired) electrons. The Morgan fingerprint density at radius 1 is 0.743 bits per heavy atom. The van der Waals surface area contributed by atoms with Crippen molar-refractivity contribution in [1.29, 1.82) is 0 Å². The Kier molecular flexibility index (Phi) is 5.84. The van der Waals surface area contributed by atoms with Crippen LogP contribution in [0.2, 0.25) is 0 Å². The van der Waals surface area contributed by atoms with Crippen molar-refractivity contribution in [3.8, 4) is 0 Å². The summed E-state index contributed by atoms with van der Waals surface area (Å²) in [6.07, 6.45) is 0. The van der Waals surface area contributed by atoms with E-state index in [-0.39, 0.29) is 11.8 Å².